The van der Waals surface area contributed by atoms with E-state index >= 15 is 0 Å². The lowest BCUT2D eigenvalue weighted by molar-refractivity contribution is 0.164. The highest BCUT2D eigenvalue weighted by Crippen LogP contribution is 2.31. The standard InChI is InChI=1S/C13H18O4S/c1-17-11-6-4-5-10(9-11)13(14)12-7-2-3-8-18(12,15)16/h4-6,9,12-14H,2-3,7-8H2,1H3. The Hall–Kier alpha value is -1.07. The first-order valence-corrected chi connectivity index (χ1v) is 7.80. The van der Waals surface area contributed by atoms with Gasteiger partial charge in [-0.05, 0) is 30.5 Å². The van der Waals surface area contributed by atoms with Gasteiger partial charge in [-0.1, -0.05) is 18.6 Å². The molecule has 1 aromatic rings. The Balaban J connectivity index is 2.26. The van der Waals surface area contributed by atoms with Crippen LogP contribution in [0, 0.1) is 0 Å². The number of methoxy groups -OCH3 is 1. The number of aliphatic hydroxyl groups is 1. The number of hydrogen-bond acceptors (Lipinski definition) is 4. The second-order valence-electron chi connectivity index (χ2n) is 4.62. The lowest BCUT2D eigenvalue weighted by atomic mass is 10.0. The highest BCUT2D eigenvalue weighted by atomic mass is 32.2. The molecule has 1 aliphatic rings. The fourth-order valence-electron chi connectivity index (χ4n) is 2.37. The first-order chi connectivity index (χ1) is 8.54. The van der Waals surface area contributed by atoms with Crippen LogP contribution in [0.4, 0.5) is 0 Å². The summed E-state index contributed by atoms with van der Waals surface area (Å²) in [6, 6.07) is 6.95. The predicted molar refractivity (Wildman–Crippen MR) is 69.4 cm³/mol. The molecular formula is C13H18O4S. The second-order valence-corrected chi connectivity index (χ2v) is 6.96. The average Bonchev–Trinajstić information content (AvgIpc) is 2.37. The van der Waals surface area contributed by atoms with Crippen LogP contribution in [-0.2, 0) is 9.84 Å². The summed E-state index contributed by atoms with van der Waals surface area (Å²) in [4.78, 5) is 0. The lowest BCUT2D eigenvalue weighted by Crippen LogP contribution is -2.33. The molecule has 0 spiro atoms. The molecule has 1 aromatic carbocycles. The van der Waals surface area contributed by atoms with Crippen molar-refractivity contribution >= 4 is 9.84 Å². The van der Waals surface area contributed by atoms with Crippen molar-refractivity contribution in [3.63, 3.8) is 0 Å². The number of rotatable bonds is 3. The van der Waals surface area contributed by atoms with Gasteiger partial charge in [0.1, 0.15) is 5.75 Å². The van der Waals surface area contributed by atoms with Crippen molar-refractivity contribution in [2.24, 2.45) is 0 Å². The van der Waals surface area contributed by atoms with Gasteiger partial charge in [0.25, 0.3) is 0 Å². The van der Waals surface area contributed by atoms with E-state index in [1.54, 1.807) is 31.4 Å². The monoisotopic (exact) mass is 270 g/mol. The van der Waals surface area contributed by atoms with Crippen molar-refractivity contribution in [3.8, 4) is 5.75 Å². The van der Waals surface area contributed by atoms with Gasteiger partial charge in [-0.15, -0.1) is 0 Å². The first kappa shape index (κ1) is 13.4. The highest BCUT2D eigenvalue weighted by Gasteiger charge is 2.35. The van der Waals surface area contributed by atoms with Crippen LogP contribution in [0.5, 0.6) is 5.75 Å². The van der Waals surface area contributed by atoms with Crippen molar-refractivity contribution in [1.82, 2.24) is 0 Å². The van der Waals surface area contributed by atoms with Crippen LogP contribution >= 0.6 is 0 Å². The van der Waals surface area contributed by atoms with Gasteiger partial charge in [-0.25, -0.2) is 8.42 Å². The number of hydrogen-bond donors (Lipinski definition) is 1. The van der Waals surface area contributed by atoms with E-state index in [0.717, 1.165) is 6.42 Å². The van der Waals surface area contributed by atoms with E-state index in [1.807, 2.05) is 0 Å². The SMILES string of the molecule is COc1cccc(C(O)C2CCCCS2(=O)=O)c1. The van der Waals surface area contributed by atoms with Gasteiger partial charge in [0, 0.05) is 0 Å². The fraction of sp³-hybridized carbons (Fsp3) is 0.538. The molecule has 2 unspecified atom stereocenters. The molecule has 0 bridgehead atoms. The molecule has 1 heterocycles. The maximum absolute atomic E-state index is 12.0. The zero-order valence-corrected chi connectivity index (χ0v) is 11.2. The van der Waals surface area contributed by atoms with E-state index in [0.29, 0.717) is 24.2 Å². The molecule has 0 aromatic heterocycles. The Labute approximate surface area is 108 Å². The summed E-state index contributed by atoms with van der Waals surface area (Å²) in [5, 5.41) is 9.58. The van der Waals surface area contributed by atoms with Crippen molar-refractivity contribution in [3.05, 3.63) is 29.8 Å². The van der Waals surface area contributed by atoms with Gasteiger partial charge in [0.2, 0.25) is 0 Å². The quantitative estimate of drug-likeness (QED) is 0.908. The van der Waals surface area contributed by atoms with Gasteiger partial charge >= 0.3 is 0 Å². The van der Waals surface area contributed by atoms with Crippen LogP contribution in [0.1, 0.15) is 30.9 Å². The van der Waals surface area contributed by atoms with Crippen LogP contribution in [-0.4, -0.2) is 31.6 Å². The largest absolute Gasteiger partial charge is 0.497 e. The summed E-state index contributed by atoms with van der Waals surface area (Å²) in [7, 11) is -1.64. The van der Waals surface area contributed by atoms with E-state index in [9.17, 15) is 13.5 Å². The Bertz CT molecular complexity index is 509. The lowest BCUT2D eigenvalue weighted by Gasteiger charge is -2.27. The van der Waals surface area contributed by atoms with Gasteiger partial charge < -0.3 is 9.84 Å². The smallest absolute Gasteiger partial charge is 0.156 e. The molecule has 0 aliphatic carbocycles. The number of sulfone groups is 1. The molecule has 2 rings (SSSR count). The number of benzene rings is 1. The first-order valence-electron chi connectivity index (χ1n) is 6.08. The zero-order valence-electron chi connectivity index (χ0n) is 10.4. The maximum Gasteiger partial charge on any atom is 0.156 e. The van der Waals surface area contributed by atoms with Crippen LogP contribution in [0.15, 0.2) is 24.3 Å². The molecule has 18 heavy (non-hydrogen) atoms. The summed E-state index contributed by atoms with van der Waals surface area (Å²) in [6.07, 6.45) is 1.11. The minimum Gasteiger partial charge on any atom is -0.497 e. The van der Waals surface area contributed by atoms with Crippen molar-refractivity contribution in [2.75, 3.05) is 12.9 Å². The molecule has 1 saturated heterocycles. The molecule has 1 aliphatic heterocycles. The van der Waals surface area contributed by atoms with E-state index < -0.39 is 21.2 Å². The fourth-order valence-corrected chi connectivity index (χ4v) is 4.36. The minimum absolute atomic E-state index is 0.179. The van der Waals surface area contributed by atoms with Crippen LogP contribution in [0.2, 0.25) is 0 Å². The van der Waals surface area contributed by atoms with Gasteiger partial charge in [-0.2, -0.15) is 0 Å². The molecule has 1 N–H and O–H groups in total. The summed E-state index contributed by atoms with van der Waals surface area (Å²) in [6.45, 7) is 0. The second kappa shape index (κ2) is 5.28. The molecule has 0 radical (unpaired) electrons. The van der Waals surface area contributed by atoms with Gasteiger partial charge in [0.05, 0.1) is 24.2 Å². The predicted octanol–water partition coefficient (Wildman–Crippen LogP) is 1.70. The molecule has 2 atom stereocenters. The van der Waals surface area contributed by atoms with Gasteiger partial charge in [-0.3, -0.25) is 0 Å². The highest BCUT2D eigenvalue weighted by molar-refractivity contribution is 7.92. The Morgan fingerprint density at radius 1 is 1.39 bits per heavy atom. The van der Waals surface area contributed by atoms with Crippen LogP contribution in [0.3, 0.4) is 0 Å². The average molecular weight is 270 g/mol. The van der Waals surface area contributed by atoms with E-state index in [2.05, 4.69) is 0 Å². The molecular weight excluding hydrogens is 252 g/mol. The van der Waals surface area contributed by atoms with E-state index in [4.69, 9.17) is 4.74 Å². The van der Waals surface area contributed by atoms with Crippen molar-refractivity contribution < 1.29 is 18.3 Å². The summed E-state index contributed by atoms with van der Waals surface area (Å²) < 4.78 is 29.0. The van der Waals surface area contributed by atoms with E-state index in [1.165, 1.54) is 0 Å². The third kappa shape index (κ3) is 2.67. The molecule has 4 nitrogen and oxygen atoms in total. The molecule has 0 amide bonds. The van der Waals surface area contributed by atoms with Crippen molar-refractivity contribution in [1.29, 1.82) is 0 Å². The summed E-state index contributed by atoms with van der Waals surface area (Å²) in [5.41, 5.74) is 0.602. The zero-order chi connectivity index (χ0) is 13.2. The molecule has 5 heteroatoms. The third-order valence-electron chi connectivity index (χ3n) is 3.42. The summed E-state index contributed by atoms with van der Waals surface area (Å²) >= 11 is 0. The minimum atomic E-state index is -3.18. The summed E-state index contributed by atoms with van der Waals surface area (Å²) in [5.74, 6) is 0.804. The number of ether oxygens (including phenoxy) is 1. The Morgan fingerprint density at radius 3 is 2.83 bits per heavy atom. The van der Waals surface area contributed by atoms with Crippen LogP contribution < -0.4 is 4.74 Å². The third-order valence-corrected chi connectivity index (χ3v) is 5.69. The maximum atomic E-state index is 12.0. The van der Waals surface area contributed by atoms with Crippen molar-refractivity contribution in [2.45, 2.75) is 30.6 Å². The number of aliphatic hydroxyl groups excluding tert-OH is 1. The molecule has 1 fully saturated rings. The van der Waals surface area contributed by atoms with Crippen LogP contribution in [0.25, 0.3) is 0 Å². The molecule has 100 valence electrons. The van der Waals surface area contributed by atoms with E-state index in [-0.39, 0.29) is 5.75 Å². The Morgan fingerprint density at radius 2 is 2.17 bits per heavy atom. The van der Waals surface area contributed by atoms with Gasteiger partial charge in [0.15, 0.2) is 9.84 Å². The topological polar surface area (TPSA) is 63.6 Å². The Kier molecular flexibility index (Phi) is 3.92. The molecule has 0 saturated carbocycles. The normalized spacial score (nSPS) is 24.4.